The molecule has 2 heterocycles. The number of aryl methyl sites for hydroxylation is 1. The Morgan fingerprint density at radius 1 is 0.970 bits per heavy atom. The molecule has 1 saturated heterocycles. The second kappa shape index (κ2) is 9.67. The Morgan fingerprint density at radius 3 is 2.27 bits per heavy atom. The number of nitrogens with one attached hydrogen (secondary N) is 2. The number of anilines is 4. The van der Waals surface area contributed by atoms with Gasteiger partial charge in [-0.25, -0.2) is 27.2 Å². The summed E-state index contributed by atoms with van der Waals surface area (Å²) in [6, 6.07) is 11.1. The van der Waals surface area contributed by atoms with E-state index in [1.54, 1.807) is 24.3 Å². The van der Waals surface area contributed by atoms with Crippen molar-refractivity contribution in [2.24, 2.45) is 0 Å². The molecule has 1 aromatic heterocycles. The van der Waals surface area contributed by atoms with Crippen molar-refractivity contribution < 1.29 is 21.9 Å². The summed E-state index contributed by atoms with van der Waals surface area (Å²) in [6.07, 6.45) is 0. The van der Waals surface area contributed by atoms with E-state index in [-0.39, 0.29) is 5.56 Å². The average Bonchev–Trinajstić information content (AvgIpc) is 2.74. The fourth-order valence-corrected chi connectivity index (χ4v) is 4.64. The number of nitrogens with zero attached hydrogens (tertiary/aromatic N) is 3. The first-order chi connectivity index (χ1) is 15.8. The van der Waals surface area contributed by atoms with Crippen LogP contribution in [-0.4, -0.2) is 44.7 Å². The van der Waals surface area contributed by atoms with E-state index >= 15 is 0 Å². The Kier molecular flexibility index (Phi) is 6.70. The highest BCUT2D eigenvalue weighted by atomic mass is 32.2. The molecule has 1 aliphatic rings. The molecule has 2 aromatic carbocycles. The number of morpholine rings is 1. The van der Waals surface area contributed by atoms with E-state index in [4.69, 9.17) is 4.74 Å². The van der Waals surface area contributed by atoms with Crippen LogP contribution < -0.4 is 14.9 Å². The summed E-state index contributed by atoms with van der Waals surface area (Å²) in [5, 5.41) is 3.20. The Morgan fingerprint density at radius 2 is 1.61 bits per heavy atom. The summed E-state index contributed by atoms with van der Waals surface area (Å²) in [5.41, 5.74) is 1.05. The minimum atomic E-state index is -3.86. The molecule has 33 heavy (non-hydrogen) atoms. The lowest BCUT2D eigenvalue weighted by Crippen LogP contribution is -2.36. The van der Waals surface area contributed by atoms with Crippen molar-refractivity contribution in [1.82, 2.24) is 9.97 Å². The van der Waals surface area contributed by atoms with Gasteiger partial charge in [-0.3, -0.25) is 4.72 Å². The lowest BCUT2D eigenvalue weighted by molar-refractivity contribution is 0.122. The summed E-state index contributed by atoms with van der Waals surface area (Å²) >= 11 is 0. The summed E-state index contributed by atoms with van der Waals surface area (Å²) in [4.78, 5) is 11.0. The van der Waals surface area contributed by atoms with Crippen molar-refractivity contribution in [3.05, 3.63) is 71.6 Å². The van der Waals surface area contributed by atoms with Crippen molar-refractivity contribution in [1.29, 1.82) is 0 Å². The van der Waals surface area contributed by atoms with Gasteiger partial charge in [0.15, 0.2) is 0 Å². The molecule has 0 unspecified atom stereocenters. The largest absolute Gasteiger partial charge is 0.378 e. The number of aromatic nitrogens is 2. The third-order valence-electron chi connectivity index (χ3n) is 4.87. The third-order valence-corrected chi connectivity index (χ3v) is 6.13. The fraction of sp³-hybridized carbons (Fsp3) is 0.273. The third kappa shape index (κ3) is 6.36. The second-order valence-electron chi connectivity index (χ2n) is 7.60. The van der Waals surface area contributed by atoms with E-state index < -0.39 is 27.4 Å². The van der Waals surface area contributed by atoms with Crippen LogP contribution in [0.15, 0.2) is 48.5 Å². The number of ether oxygens (including phenoxy) is 1. The maximum Gasteiger partial charge on any atom is 0.236 e. The van der Waals surface area contributed by atoms with Gasteiger partial charge >= 0.3 is 0 Å². The standard InChI is InChI=1S/C22H23F2N5O3S/c1-15-25-21(13-22(26-15)29-6-8-32-9-7-29)27-19-2-4-20(5-3-19)28-33(30,31)14-16-10-17(23)12-18(24)11-16/h2-5,10-13,28H,6-9,14H2,1H3,(H,25,26,27). The van der Waals surface area contributed by atoms with Crippen molar-refractivity contribution in [3.8, 4) is 0 Å². The van der Waals surface area contributed by atoms with Gasteiger partial charge in [-0.15, -0.1) is 0 Å². The number of rotatable bonds is 7. The summed E-state index contributed by atoms with van der Waals surface area (Å²) < 4.78 is 59.2. The van der Waals surface area contributed by atoms with Crippen molar-refractivity contribution in [2.45, 2.75) is 12.7 Å². The van der Waals surface area contributed by atoms with E-state index in [1.807, 2.05) is 13.0 Å². The van der Waals surface area contributed by atoms with Crippen molar-refractivity contribution in [2.75, 3.05) is 41.2 Å². The van der Waals surface area contributed by atoms with Crippen LogP contribution in [0.4, 0.5) is 31.8 Å². The van der Waals surface area contributed by atoms with Gasteiger partial charge in [-0.2, -0.15) is 0 Å². The summed E-state index contributed by atoms with van der Waals surface area (Å²) in [6.45, 7) is 4.63. The molecule has 11 heteroatoms. The first-order valence-corrected chi connectivity index (χ1v) is 11.9. The lowest BCUT2D eigenvalue weighted by atomic mass is 10.2. The Balaban J connectivity index is 1.42. The quantitative estimate of drug-likeness (QED) is 0.539. The van der Waals surface area contributed by atoms with Gasteiger partial charge in [0, 0.05) is 36.6 Å². The molecule has 0 bridgehead atoms. The highest BCUT2D eigenvalue weighted by Gasteiger charge is 2.15. The van der Waals surface area contributed by atoms with Crippen molar-refractivity contribution >= 4 is 33.0 Å². The molecule has 0 aliphatic carbocycles. The predicted molar refractivity (Wildman–Crippen MR) is 122 cm³/mol. The molecular weight excluding hydrogens is 452 g/mol. The van der Waals surface area contributed by atoms with Gasteiger partial charge in [-0.05, 0) is 48.9 Å². The first kappa shape index (κ1) is 22.9. The van der Waals surface area contributed by atoms with E-state index in [1.165, 1.54) is 0 Å². The minimum absolute atomic E-state index is 0.0218. The Labute approximate surface area is 190 Å². The van der Waals surface area contributed by atoms with Crippen LogP contribution in [0.5, 0.6) is 0 Å². The fourth-order valence-electron chi connectivity index (χ4n) is 3.47. The topological polar surface area (TPSA) is 96.5 Å². The number of hydrogen-bond acceptors (Lipinski definition) is 7. The molecule has 8 nitrogen and oxygen atoms in total. The van der Waals surface area contributed by atoms with Gasteiger partial charge in [0.25, 0.3) is 0 Å². The van der Waals surface area contributed by atoms with Gasteiger partial charge in [0.2, 0.25) is 10.0 Å². The predicted octanol–water partition coefficient (Wildman–Crippen LogP) is 3.59. The molecule has 3 aromatic rings. The van der Waals surface area contributed by atoms with Crippen LogP contribution in [0.2, 0.25) is 0 Å². The van der Waals surface area contributed by atoms with Crippen LogP contribution in [0, 0.1) is 18.6 Å². The summed E-state index contributed by atoms with van der Waals surface area (Å²) in [7, 11) is -3.86. The van der Waals surface area contributed by atoms with E-state index in [2.05, 4.69) is 24.9 Å². The first-order valence-electron chi connectivity index (χ1n) is 10.3. The Bertz CT molecular complexity index is 1210. The molecule has 0 spiro atoms. The van der Waals surface area contributed by atoms with Gasteiger partial charge in [0.1, 0.15) is 29.1 Å². The van der Waals surface area contributed by atoms with Gasteiger partial charge < -0.3 is 15.0 Å². The van der Waals surface area contributed by atoms with Crippen molar-refractivity contribution in [3.63, 3.8) is 0 Å². The molecule has 0 saturated carbocycles. The average molecular weight is 476 g/mol. The lowest BCUT2D eigenvalue weighted by Gasteiger charge is -2.28. The van der Waals surface area contributed by atoms with Crippen LogP contribution in [0.3, 0.4) is 0 Å². The highest BCUT2D eigenvalue weighted by molar-refractivity contribution is 7.91. The SMILES string of the molecule is Cc1nc(Nc2ccc(NS(=O)(=O)Cc3cc(F)cc(F)c3)cc2)cc(N2CCOCC2)n1. The summed E-state index contributed by atoms with van der Waals surface area (Å²) in [5.74, 6) is -0.150. The zero-order valence-electron chi connectivity index (χ0n) is 17.9. The number of hydrogen-bond donors (Lipinski definition) is 2. The van der Waals surface area contributed by atoms with Gasteiger partial charge in [0.05, 0.1) is 19.0 Å². The molecule has 2 N–H and O–H groups in total. The Hall–Kier alpha value is -3.31. The van der Waals surface area contributed by atoms with Crippen LogP contribution in [0.25, 0.3) is 0 Å². The van der Waals surface area contributed by atoms with E-state index in [9.17, 15) is 17.2 Å². The second-order valence-corrected chi connectivity index (χ2v) is 9.32. The van der Waals surface area contributed by atoms with Crippen LogP contribution in [-0.2, 0) is 20.5 Å². The molecule has 0 radical (unpaired) electrons. The highest BCUT2D eigenvalue weighted by Crippen LogP contribution is 2.23. The zero-order valence-corrected chi connectivity index (χ0v) is 18.7. The van der Waals surface area contributed by atoms with E-state index in [0.29, 0.717) is 42.3 Å². The molecule has 174 valence electrons. The molecule has 4 rings (SSSR count). The smallest absolute Gasteiger partial charge is 0.236 e. The maximum absolute atomic E-state index is 13.3. The number of benzene rings is 2. The normalized spacial score (nSPS) is 14.2. The zero-order chi connectivity index (χ0) is 23.4. The van der Waals surface area contributed by atoms with Crippen LogP contribution in [0.1, 0.15) is 11.4 Å². The minimum Gasteiger partial charge on any atom is -0.378 e. The van der Waals surface area contributed by atoms with Gasteiger partial charge in [-0.1, -0.05) is 0 Å². The molecule has 1 aliphatic heterocycles. The number of halogens is 2. The molecule has 0 atom stereocenters. The molecule has 0 amide bonds. The maximum atomic E-state index is 13.3. The molecule has 1 fully saturated rings. The van der Waals surface area contributed by atoms with E-state index in [0.717, 1.165) is 31.0 Å². The monoisotopic (exact) mass is 475 g/mol. The molecular formula is C22H23F2N5O3S. The number of sulfonamides is 1. The van der Waals surface area contributed by atoms with Crippen LogP contribution >= 0.6 is 0 Å².